The predicted molar refractivity (Wildman–Crippen MR) is 111 cm³/mol. The van der Waals surface area contributed by atoms with Crippen molar-refractivity contribution in [1.82, 2.24) is 9.71 Å². The second-order valence-electron chi connectivity index (χ2n) is 7.83. The maximum Gasteiger partial charge on any atom is 0.240 e. The molecular formula is C22H26N2O3S. The zero-order valence-electron chi connectivity index (χ0n) is 16.5. The van der Waals surface area contributed by atoms with Crippen molar-refractivity contribution in [1.29, 1.82) is 0 Å². The number of hydrogen-bond donors (Lipinski definition) is 2. The average molecular weight is 399 g/mol. The first-order valence-electron chi connectivity index (χ1n) is 9.71. The van der Waals surface area contributed by atoms with Crippen LogP contribution in [-0.4, -0.2) is 25.5 Å². The molecule has 1 heterocycles. The van der Waals surface area contributed by atoms with Gasteiger partial charge in [-0.05, 0) is 82.0 Å². The third-order valence-corrected chi connectivity index (χ3v) is 6.71. The average Bonchev–Trinajstić information content (AvgIpc) is 2.99. The summed E-state index contributed by atoms with van der Waals surface area (Å²) in [5.41, 5.74) is 4.80. The van der Waals surface area contributed by atoms with E-state index in [0.29, 0.717) is 12.2 Å². The SMILES string of the molecule is Cc1ccc2[nH]c3c(c2c1)CC(NS(=O)(=O)c1ccc(OC(C)C)cc1)CC3. The van der Waals surface area contributed by atoms with Gasteiger partial charge in [0.1, 0.15) is 5.75 Å². The summed E-state index contributed by atoms with van der Waals surface area (Å²) in [5, 5.41) is 1.20. The molecule has 1 atom stereocenters. The Labute approximate surface area is 166 Å². The summed E-state index contributed by atoms with van der Waals surface area (Å²) >= 11 is 0. The topological polar surface area (TPSA) is 71.2 Å². The third kappa shape index (κ3) is 3.80. The Morgan fingerprint density at radius 2 is 1.89 bits per heavy atom. The lowest BCUT2D eigenvalue weighted by Gasteiger charge is -2.23. The van der Waals surface area contributed by atoms with Crippen LogP contribution in [-0.2, 0) is 22.9 Å². The second kappa shape index (κ2) is 7.26. The van der Waals surface area contributed by atoms with Crippen molar-refractivity contribution in [2.24, 2.45) is 0 Å². The Hall–Kier alpha value is -2.31. The van der Waals surface area contributed by atoms with Crippen molar-refractivity contribution in [3.05, 3.63) is 59.3 Å². The van der Waals surface area contributed by atoms with E-state index in [2.05, 4.69) is 34.8 Å². The molecule has 0 fully saturated rings. The molecule has 28 heavy (non-hydrogen) atoms. The number of rotatable bonds is 5. The van der Waals surface area contributed by atoms with Crippen LogP contribution in [0.2, 0.25) is 0 Å². The van der Waals surface area contributed by atoms with Gasteiger partial charge in [-0.1, -0.05) is 11.6 Å². The van der Waals surface area contributed by atoms with Crippen LogP contribution in [0.1, 0.15) is 37.1 Å². The Kier molecular flexibility index (Phi) is 4.93. The van der Waals surface area contributed by atoms with Gasteiger partial charge in [0.15, 0.2) is 0 Å². The first kappa shape index (κ1) is 19.0. The Bertz CT molecular complexity index is 1100. The summed E-state index contributed by atoms with van der Waals surface area (Å²) < 4.78 is 34.2. The van der Waals surface area contributed by atoms with Gasteiger partial charge in [0, 0.05) is 22.6 Å². The quantitative estimate of drug-likeness (QED) is 0.680. The minimum Gasteiger partial charge on any atom is -0.491 e. The molecule has 0 amide bonds. The lowest BCUT2D eigenvalue weighted by atomic mass is 9.92. The molecule has 1 aliphatic carbocycles. The summed E-state index contributed by atoms with van der Waals surface area (Å²) in [7, 11) is -3.57. The Morgan fingerprint density at radius 3 is 2.61 bits per heavy atom. The van der Waals surface area contributed by atoms with Gasteiger partial charge >= 0.3 is 0 Å². The molecule has 6 heteroatoms. The van der Waals surface area contributed by atoms with E-state index >= 15 is 0 Å². The Balaban J connectivity index is 1.53. The van der Waals surface area contributed by atoms with Crippen LogP contribution >= 0.6 is 0 Å². The summed E-state index contributed by atoms with van der Waals surface area (Å²) in [6, 6.07) is 12.9. The fourth-order valence-electron chi connectivity index (χ4n) is 3.89. The van der Waals surface area contributed by atoms with Crippen LogP contribution in [0.5, 0.6) is 5.75 Å². The highest BCUT2D eigenvalue weighted by atomic mass is 32.2. The molecule has 3 aromatic rings. The predicted octanol–water partition coefficient (Wildman–Crippen LogP) is 4.10. The van der Waals surface area contributed by atoms with Crippen molar-refractivity contribution in [3.8, 4) is 5.75 Å². The van der Waals surface area contributed by atoms with Crippen molar-refractivity contribution >= 4 is 20.9 Å². The minimum atomic E-state index is -3.57. The summed E-state index contributed by atoms with van der Waals surface area (Å²) in [4.78, 5) is 3.76. The molecular weight excluding hydrogens is 372 g/mol. The molecule has 0 aliphatic heterocycles. The lowest BCUT2D eigenvalue weighted by Crippen LogP contribution is -2.38. The van der Waals surface area contributed by atoms with Gasteiger partial charge in [0.25, 0.3) is 0 Å². The summed E-state index contributed by atoms with van der Waals surface area (Å²) in [6.07, 6.45) is 2.38. The highest BCUT2D eigenvalue weighted by Gasteiger charge is 2.26. The van der Waals surface area contributed by atoms with Crippen LogP contribution in [0.25, 0.3) is 10.9 Å². The van der Waals surface area contributed by atoms with Gasteiger partial charge in [-0.15, -0.1) is 0 Å². The molecule has 1 aliphatic rings. The molecule has 148 valence electrons. The molecule has 0 spiro atoms. The molecule has 0 saturated heterocycles. The highest BCUT2D eigenvalue weighted by Crippen LogP contribution is 2.30. The van der Waals surface area contributed by atoms with Gasteiger partial charge in [0.2, 0.25) is 10.0 Å². The zero-order chi connectivity index (χ0) is 19.9. The number of sulfonamides is 1. The van der Waals surface area contributed by atoms with Crippen molar-refractivity contribution in [2.75, 3.05) is 0 Å². The largest absolute Gasteiger partial charge is 0.491 e. The minimum absolute atomic E-state index is 0.0526. The highest BCUT2D eigenvalue weighted by molar-refractivity contribution is 7.89. The monoisotopic (exact) mass is 398 g/mol. The fourth-order valence-corrected chi connectivity index (χ4v) is 5.16. The normalized spacial score (nSPS) is 17.1. The molecule has 0 bridgehead atoms. The summed E-state index contributed by atoms with van der Waals surface area (Å²) in [6.45, 7) is 5.96. The van der Waals surface area contributed by atoms with Gasteiger partial charge in [-0.3, -0.25) is 0 Å². The summed E-state index contributed by atoms with van der Waals surface area (Å²) in [5.74, 6) is 0.672. The van der Waals surface area contributed by atoms with Crippen LogP contribution in [0.15, 0.2) is 47.4 Å². The number of H-pyrrole nitrogens is 1. The van der Waals surface area contributed by atoms with E-state index < -0.39 is 10.0 Å². The molecule has 4 rings (SSSR count). The first-order valence-corrected chi connectivity index (χ1v) is 11.2. The maximum absolute atomic E-state index is 12.8. The van der Waals surface area contributed by atoms with E-state index in [1.54, 1.807) is 24.3 Å². The van der Waals surface area contributed by atoms with Crippen LogP contribution in [0, 0.1) is 6.92 Å². The van der Waals surface area contributed by atoms with E-state index in [9.17, 15) is 8.42 Å². The van der Waals surface area contributed by atoms with Gasteiger partial charge in [0.05, 0.1) is 11.0 Å². The molecule has 2 N–H and O–H groups in total. The molecule has 0 radical (unpaired) electrons. The van der Waals surface area contributed by atoms with E-state index in [1.807, 2.05) is 13.8 Å². The van der Waals surface area contributed by atoms with E-state index in [4.69, 9.17) is 4.74 Å². The van der Waals surface area contributed by atoms with Crippen molar-refractivity contribution < 1.29 is 13.2 Å². The van der Waals surface area contributed by atoms with E-state index in [-0.39, 0.29) is 17.0 Å². The standard InChI is InChI=1S/C22H26N2O3S/c1-14(2)27-17-6-8-18(9-7-17)28(25,26)24-16-5-11-22-20(13-16)19-12-15(3)4-10-21(19)23-22/h4,6-10,12,14,16,23-24H,5,11,13H2,1-3H3. The number of ether oxygens (including phenoxy) is 1. The van der Waals surface area contributed by atoms with Gasteiger partial charge in [-0.25, -0.2) is 13.1 Å². The number of aromatic amines is 1. The van der Waals surface area contributed by atoms with Crippen LogP contribution < -0.4 is 9.46 Å². The number of aryl methyl sites for hydroxylation is 2. The number of fused-ring (bicyclic) bond motifs is 3. The molecule has 1 unspecified atom stereocenters. The van der Waals surface area contributed by atoms with Crippen LogP contribution in [0.3, 0.4) is 0 Å². The van der Waals surface area contributed by atoms with Crippen LogP contribution in [0.4, 0.5) is 0 Å². The first-order chi connectivity index (χ1) is 13.3. The number of hydrogen-bond acceptors (Lipinski definition) is 3. The lowest BCUT2D eigenvalue weighted by molar-refractivity contribution is 0.242. The molecule has 5 nitrogen and oxygen atoms in total. The maximum atomic E-state index is 12.8. The van der Waals surface area contributed by atoms with Crippen molar-refractivity contribution in [2.45, 2.75) is 57.1 Å². The zero-order valence-corrected chi connectivity index (χ0v) is 17.3. The molecule has 0 saturated carbocycles. The smallest absolute Gasteiger partial charge is 0.240 e. The Morgan fingerprint density at radius 1 is 1.14 bits per heavy atom. The van der Waals surface area contributed by atoms with Crippen molar-refractivity contribution in [3.63, 3.8) is 0 Å². The molecule has 2 aromatic carbocycles. The number of benzene rings is 2. The van der Waals surface area contributed by atoms with Gasteiger partial charge < -0.3 is 9.72 Å². The number of nitrogens with one attached hydrogen (secondary N) is 2. The fraction of sp³-hybridized carbons (Fsp3) is 0.364. The third-order valence-electron chi connectivity index (χ3n) is 5.17. The van der Waals surface area contributed by atoms with Gasteiger partial charge in [-0.2, -0.15) is 0 Å². The molecule has 1 aromatic heterocycles. The van der Waals surface area contributed by atoms with E-state index in [1.165, 1.54) is 22.2 Å². The van der Waals surface area contributed by atoms with E-state index in [0.717, 1.165) is 18.4 Å². The second-order valence-corrected chi connectivity index (χ2v) is 9.54. The number of aromatic nitrogens is 1.